The molecule has 0 aliphatic carbocycles. The summed E-state index contributed by atoms with van der Waals surface area (Å²) in [6, 6.07) is 1.78. The Labute approximate surface area is 97.5 Å². The number of rotatable bonds is 5. The van der Waals surface area contributed by atoms with E-state index in [1.165, 1.54) is 0 Å². The van der Waals surface area contributed by atoms with Crippen molar-refractivity contribution >= 4 is 5.95 Å². The summed E-state index contributed by atoms with van der Waals surface area (Å²) >= 11 is 0. The molecule has 0 amide bonds. The van der Waals surface area contributed by atoms with Crippen LogP contribution in [0.3, 0.4) is 0 Å². The van der Waals surface area contributed by atoms with Crippen molar-refractivity contribution in [3.63, 3.8) is 0 Å². The van der Waals surface area contributed by atoms with Gasteiger partial charge in [0.2, 0.25) is 11.8 Å². The molecule has 1 heterocycles. The molecule has 1 N–H and O–H groups in total. The van der Waals surface area contributed by atoms with Gasteiger partial charge in [0, 0.05) is 18.8 Å². The topological polar surface area (TPSA) is 47.0 Å². The summed E-state index contributed by atoms with van der Waals surface area (Å²) < 4.78 is 5.44. The van der Waals surface area contributed by atoms with Crippen LogP contribution in [0.15, 0.2) is 12.3 Å². The molecule has 1 aromatic rings. The van der Waals surface area contributed by atoms with Crippen LogP contribution >= 0.6 is 0 Å². The first-order chi connectivity index (χ1) is 7.51. The molecule has 4 nitrogen and oxygen atoms in total. The Morgan fingerprint density at radius 1 is 1.38 bits per heavy atom. The molecule has 0 aliphatic rings. The Bertz CT molecular complexity index is 320. The molecule has 0 fully saturated rings. The molecule has 90 valence electrons. The van der Waals surface area contributed by atoms with E-state index in [0.717, 1.165) is 13.0 Å². The number of aromatic nitrogens is 2. The van der Waals surface area contributed by atoms with Crippen molar-refractivity contribution in [1.29, 1.82) is 0 Å². The molecule has 0 aliphatic heterocycles. The number of hydrogen-bond donors (Lipinski definition) is 1. The molecule has 0 saturated heterocycles. The molecular formula is C12H21N3O. The van der Waals surface area contributed by atoms with Gasteiger partial charge in [-0.2, -0.15) is 4.98 Å². The van der Waals surface area contributed by atoms with E-state index in [1.54, 1.807) is 12.3 Å². The van der Waals surface area contributed by atoms with E-state index in [0.29, 0.717) is 18.4 Å². The lowest BCUT2D eigenvalue weighted by molar-refractivity contribution is 0.305. The van der Waals surface area contributed by atoms with Crippen LogP contribution in [-0.2, 0) is 0 Å². The van der Waals surface area contributed by atoms with Crippen LogP contribution in [0.25, 0.3) is 0 Å². The fourth-order valence-electron chi connectivity index (χ4n) is 1.06. The van der Waals surface area contributed by atoms with Gasteiger partial charge in [0.25, 0.3) is 0 Å². The summed E-state index contributed by atoms with van der Waals surface area (Å²) in [6.07, 6.45) is 2.69. The molecule has 1 aromatic heterocycles. The smallest absolute Gasteiger partial charge is 0.225 e. The molecule has 0 unspecified atom stereocenters. The summed E-state index contributed by atoms with van der Waals surface area (Å²) in [5.74, 6) is 1.26. The van der Waals surface area contributed by atoms with Crippen LogP contribution in [0, 0.1) is 5.41 Å². The van der Waals surface area contributed by atoms with Gasteiger partial charge >= 0.3 is 0 Å². The van der Waals surface area contributed by atoms with Crippen molar-refractivity contribution < 1.29 is 4.74 Å². The number of nitrogens with one attached hydrogen (secondary N) is 1. The summed E-state index contributed by atoms with van der Waals surface area (Å²) in [7, 11) is 0. The maximum Gasteiger partial charge on any atom is 0.225 e. The highest BCUT2D eigenvalue weighted by Crippen LogP contribution is 2.14. The normalized spacial score (nSPS) is 11.2. The monoisotopic (exact) mass is 223 g/mol. The zero-order chi connectivity index (χ0) is 12.0. The molecule has 1 rings (SSSR count). The maximum absolute atomic E-state index is 5.44. The number of ether oxygens (including phenoxy) is 1. The second kappa shape index (κ2) is 5.68. The molecule has 0 aromatic carbocycles. The molecule has 0 spiro atoms. The summed E-state index contributed by atoms with van der Waals surface area (Å²) in [5, 5.41) is 3.20. The van der Waals surface area contributed by atoms with Crippen LogP contribution < -0.4 is 10.1 Å². The van der Waals surface area contributed by atoms with Crippen molar-refractivity contribution in [3.05, 3.63) is 12.3 Å². The highest BCUT2D eigenvalue weighted by molar-refractivity contribution is 5.27. The van der Waals surface area contributed by atoms with Crippen molar-refractivity contribution in [1.82, 2.24) is 9.97 Å². The standard InChI is InChI=1S/C12H21N3O/c1-5-8-16-10-6-7-13-11(15-10)14-9-12(2,3)4/h6-7H,5,8-9H2,1-4H3,(H,13,14,15). The van der Waals surface area contributed by atoms with Gasteiger partial charge < -0.3 is 10.1 Å². The Morgan fingerprint density at radius 2 is 2.12 bits per heavy atom. The van der Waals surface area contributed by atoms with E-state index < -0.39 is 0 Å². The number of hydrogen-bond acceptors (Lipinski definition) is 4. The second-order valence-electron chi connectivity index (χ2n) is 4.98. The zero-order valence-electron chi connectivity index (χ0n) is 10.6. The third-order valence-corrected chi connectivity index (χ3v) is 1.86. The van der Waals surface area contributed by atoms with E-state index in [1.807, 2.05) is 0 Å². The van der Waals surface area contributed by atoms with Crippen molar-refractivity contribution in [2.24, 2.45) is 5.41 Å². The van der Waals surface area contributed by atoms with Gasteiger partial charge in [-0.1, -0.05) is 27.7 Å². The second-order valence-corrected chi connectivity index (χ2v) is 4.98. The summed E-state index contributed by atoms with van der Waals surface area (Å²) in [4.78, 5) is 8.42. The van der Waals surface area contributed by atoms with E-state index in [4.69, 9.17) is 4.74 Å². The number of nitrogens with zero attached hydrogens (tertiary/aromatic N) is 2. The largest absolute Gasteiger partial charge is 0.478 e. The lowest BCUT2D eigenvalue weighted by Gasteiger charge is -2.18. The minimum absolute atomic E-state index is 0.212. The summed E-state index contributed by atoms with van der Waals surface area (Å²) in [6.45, 7) is 10.1. The Morgan fingerprint density at radius 3 is 2.75 bits per heavy atom. The Balaban J connectivity index is 2.53. The first kappa shape index (κ1) is 12.7. The highest BCUT2D eigenvalue weighted by Gasteiger charge is 2.10. The van der Waals surface area contributed by atoms with Crippen molar-refractivity contribution in [2.45, 2.75) is 34.1 Å². The number of anilines is 1. The van der Waals surface area contributed by atoms with E-state index in [9.17, 15) is 0 Å². The van der Waals surface area contributed by atoms with Crippen LogP contribution in [0.2, 0.25) is 0 Å². The van der Waals surface area contributed by atoms with Gasteiger partial charge in [0.15, 0.2) is 0 Å². The third kappa shape index (κ3) is 4.96. The zero-order valence-corrected chi connectivity index (χ0v) is 10.6. The molecular weight excluding hydrogens is 202 g/mol. The minimum atomic E-state index is 0.212. The molecule has 0 atom stereocenters. The predicted molar refractivity (Wildman–Crippen MR) is 65.8 cm³/mol. The quantitative estimate of drug-likeness (QED) is 0.833. The maximum atomic E-state index is 5.44. The molecule has 0 bridgehead atoms. The minimum Gasteiger partial charge on any atom is -0.478 e. The van der Waals surface area contributed by atoms with E-state index in [2.05, 4.69) is 43.0 Å². The van der Waals surface area contributed by atoms with Gasteiger partial charge in [-0.3, -0.25) is 0 Å². The average Bonchev–Trinajstić information content (AvgIpc) is 2.23. The lowest BCUT2D eigenvalue weighted by Crippen LogP contribution is -2.20. The molecule has 4 heteroatoms. The van der Waals surface area contributed by atoms with Crippen LogP contribution in [0.1, 0.15) is 34.1 Å². The van der Waals surface area contributed by atoms with Crippen LogP contribution in [0.4, 0.5) is 5.95 Å². The first-order valence-electron chi connectivity index (χ1n) is 5.71. The Kier molecular flexibility index (Phi) is 4.52. The van der Waals surface area contributed by atoms with Gasteiger partial charge in [-0.05, 0) is 11.8 Å². The fourth-order valence-corrected chi connectivity index (χ4v) is 1.06. The average molecular weight is 223 g/mol. The predicted octanol–water partition coefficient (Wildman–Crippen LogP) is 2.72. The van der Waals surface area contributed by atoms with Crippen LogP contribution in [-0.4, -0.2) is 23.1 Å². The first-order valence-corrected chi connectivity index (χ1v) is 5.71. The van der Waals surface area contributed by atoms with Crippen molar-refractivity contribution in [3.8, 4) is 5.88 Å². The van der Waals surface area contributed by atoms with E-state index >= 15 is 0 Å². The van der Waals surface area contributed by atoms with Gasteiger partial charge in [-0.25, -0.2) is 4.98 Å². The molecule has 0 saturated carbocycles. The SMILES string of the molecule is CCCOc1ccnc(NCC(C)(C)C)n1. The van der Waals surface area contributed by atoms with Gasteiger partial charge in [0.1, 0.15) is 0 Å². The highest BCUT2D eigenvalue weighted by atomic mass is 16.5. The molecule has 16 heavy (non-hydrogen) atoms. The molecule has 0 radical (unpaired) electrons. The van der Waals surface area contributed by atoms with E-state index in [-0.39, 0.29) is 5.41 Å². The van der Waals surface area contributed by atoms with Crippen LogP contribution in [0.5, 0.6) is 5.88 Å². The Hall–Kier alpha value is -1.32. The van der Waals surface area contributed by atoms with Gasteiger partial charge in [-0.15, -0.1) is 0 Å². The third-order valence-electron chi connectivity index (χ3n) is 1.86. The van der Waals surface area contributed by atoms with Gasteiger partial charge in [0.05, 0.1) is 6.61 Å². The lowest BCUT2D eigenvalue weighted by atomic mass is 9.97. The fraction of sp³-hybridized carbons (Fsp3) is 0.667. The van der Waals surface area contributed by atoms with Crippen molar-refractivity contribution in [2.75, 3.05) is 18.5 Å². The summed E-state index contributed by atoms with van der Waals surface area (Å²) in [5.41, 5.74) is 0.212.